The maximum absolute atomic E-state index is 13.1. The van der Waals surface area contributed by atoms with Crippen molar-refractivity contribution in [1.29, 1.82) is 5.26 Å². The van der Waals surface area contributed by atoms with E-state index < -0.39 is 0 Å². The second kappa shape index (κ2) is 8.26. The second-order valence-electron chi connectivity index (χ2n) is 9.86. The molecule has 3 aromatic rings. The zero-order chi connectivity index (χ0) is 23.4. The number of hydrogen-bond donors (Lipinski definition) is 3. The van der Waals surface area contributed by atoms with Gasteiger partial charge in [-0.3, -0.25) is 4.79 Å². The van der Waals surface area contributed by atoms with Crippen molar-refractivity contribution in [2.45, 2.75) is 57.2 Å². The molecule has 3 aliphatic rings. The smallest absolute Gasteiger partial charge is 0.263 e. The van der Waals surface area contributed by atoms with Gasteiger partial charge in [0.05, 0.1) is 16.9 Å². The standard InChI is InChI=1S/C26H28N6OS/c1-14-2-7-21-23(28)24(34-26(21)29-14)25(33)31-18-4-3-15-10-22(17(11-27)8-16(15)9-18)32-12-19-5-6-20(13-32)30-19/h2,7-8,10,18-20,30H,3-6,9,12-13,28H2,1H3,(H,31,33)/t18-,19?,20?/m0/s1. The first-order valence-electron chi connectivity index (χ1n) is 12.0. The number of hydrogen-bond acceptors (Lipinski definition) is 7. The summed E-state index contributed by atoms with van der Waals surface area (Å²) < 4.78 is 0. The van der Waals surface area contributed by atoms with Crippen LogP contribution in [0.5, 0.6) is 0 Å². The predicted octanol–water partition coefficient (Wildman–Crippen LogP) is 3.29. The van der Waals surface area contributed by atoms with Gasteiger partial charge in [-0.25, -0.2) is 4.98 Å². The lowest BCUT2D eigenvalue weighted by molar-refractivity contribution is 0.0938. The molecule has 1 aromatic carbocycles. The minimum atomic E-state index is -0.139. The Balaban J connectivity index is 1.21. The van der Waals surface area contributed by atoms with Gasteiger partial charge < -0.3 is 21.3 Å². The highest BCUT2D eigenvalue weighted by Crippen LogP contribution is 2.35. The summed E-state index contributed by atoms with van der Waals surface area (Å²) in [6.45, 7) is 3.86. The van der Waals surface area contributed by atoms with Crippen molar-refractivity contribution < 1.29 is 4.79 Å². The number of anilines is 2. The molecule has 4 heterocycles. The number of nitrogens with one attached hydrogen (secondary N) is 2. The molecule has 8 heteroatoms. The summed E-state index contributed by atoms with van der Waals surface area (Å²) in [5.74, 6) is -0.139. The van der Waals surface area contributed by atoms with Gasteiger partial charge in [0.1, 0.15) is 15.8 Å². The van der Waals surface area contributed by atoms with Gasteiger partial charge in [0, 0.05) is 42.3 Å². The lowest BCUT2D eigenvalue weighted by atomic mass is 9.86. The first-order chi connectivity index (χ1) is 16.5. The van der Waals surface area contributed by atoms with Crippen molar-refractivity contribution in [1.82, 2.24) is 15.6 Å². The molecule has 2 saturated heterocycles. The van der Waals surface area contributed by atoms with E-state index in [4.69, 9.17) is 5.73 Å². The van der Waals surface area contributed by atoms with Crippen LogP contribution in [0.25, 0.3) is 10.2 Å². The average Bonchev–Trinajstić information content (AvgIpc) is 3.35. The number of nitrogens with zero attached hydrogens (tertiary/aromatic N) is 3. The number of pyridine rings is 1. The summed E-state index contributed by atoms with van der Waals surface area (Å²) in [6.07, 6.45) is 4.93. The van der Waals surface area contributed by atoms with Gasteiger partial charge in [-0.2, -0.15) is 5.26 Å². The summed E-state index contributed by atoms with van der Waals surface area (Å²) in [4.78, 5) is 21.3. The van der Waals surface area contributed by atoms with Crippen LogP contribution in [0.1, 0.15) is 51.3 Å². The zero-order valence-corrected chi connectivity index (χ0v) is 20.0. The molecule has 3 atom stereocenters. The number of carbonyl (C=O) groups is 1. The molecular weight excluding hydrogens is 444 g/mol. The minimum Gasteiger partial charge on any atom is -0.397 e. The maximum Gasteiger partial charge on any atom is 0.263 e. The fourth-order valence-electron chi connectivity index (χ4n) is 5.77. The van der Waals surface area contributed by atoms with Gasteiger partial charge in [0.25, 0.3) is 5.91 Å². The van der Waals surface area contributed by atoms with Crippen LogP contribution < -0.4 is 21.3 Å². The molecule has 1 amide bonds. The predicted molar refractivity (Wildman–Crippen MR) is 135 cm³/mol. The average molecular weight is 473 g/mol. The number of nitriles is 1. The third-order valence-electron chi connectivity index (χ3n) is 7.50. The van der Waals surface area contributed by atoms with Crippen LogP contribution in [-0.4, -0.2) is 42.1 Å². The third-order valence-corrected chi connectivity index (χ3v) is 8.61. The maximum atomic E-state index is 13.1. The Hall–Kier alpha value is -3.15. The SMILES string of the molecule is Cc1ccc2c(N)c(C(=O)N[C@H]3CCc4cc(N5CC6CCC(C5)N6)c(C#N)cc4C3)sc2n1. The number of carbonyl (C=O) groups excluding carboxylic acids is 1. The fraction of sp³-hybridized carbons (Fsp3) is 0.423. The Bertz CT molecular complexity index is 1330. The fourth-order valence-corrected chi connectivity index (χ4v) is 6.82. The monoisotopic (exact) mass is 472 g/mol. The van der Waals surface area contributed by atoms with Crippen molar-refractivity contribution in [3.8, 4) is 6.07 Å². The topological polar surface area (TPSA) is 107 Å². The Morgan fingerprint density at radius 2 is 2.03 bits per heavy atom. The number of benzene rings is 1. The second-order valence-corrected chi connectivity index (χ2v) is 10.9. The number of nitrogen functional groups attached to an aromatic ring is 1. The number of fused-ring (bicyclic) bond motifs is 4. The number of aromatic nitrogens is 1. The Kier molecular flexibility index (Phi) is 5.19. The van der Waals surface area contributed by atoms with Crippen molar-refractivity contribution in [3.63, 3.8) is 0 Å². The molecule has 2 fully saturated rings. The summed E-state index contributed by atoms with van der Waals surface area (Å²) in [5.41, 5.74) is 12.0. The van der Waals surface area contributed by atoms with Crippen LogP contribution in [0.2, 0.25) is 0 Å². The van der Waals surface area contributed by atoms with E-state index in [1.807, 2.05) is 25.1 Å². The Morgan fingerprint density at radius 1 is 1.24 bits per heavy atom. The number of aryl methyl sites for hydroxylation is 2. The molecule has 2 unspecified atom stereocenters. The highest BCUT2D eigenvalue weighted by molar-refractivity contribution is 7.21. The van der Waals surface area contributed by atoms with Crippen LogP contribution >= 0.6 is 11.3 Å². The summed E-state index contributed by atoms with van der Waals surface area (Å²) >= 11 is 1.35. The molecule has 2 aromatic heterocycles. The van der Waals surface area contributed by atoms with Crippen LogP contribution in [0.3, 0.4) is 0 Å². The molecule has 1 aliphatic carbocycles. The summed E-state index contributed by atoms with van der Waals surface area (Å²) in [6, 6.07) is 11.6. The number of rotatable bonds is 3. The molecule has 7 nitrogen and oxygen atoms in total. The normalized spacial score (nSPS) is 23.5. The zero-order valence-electron chi connectivity index (χ0n) is 19.2. The molecular formula is C26H28N6OS. The lowest BCUT2D eigenvalue weighted by Gasteiger charge is -2.36. The third kappa shape index (κ3) is 3.69. The van der Waals surface area contributed by atoms with Crippen LogP contribution in [-0.2, 0) is 12.8 Å². The van der Waals surface area contributed by atoms with Gasteiger partial charge in [0.15, 0.2) is 0 Å². The van der Waals surface area contributed by atoms with Crippen molar-refractivity contribution in [2.24, 2.45) is 0 Å². The van der Waals surface area contributed by atoms with E-state index >= 15 is 0 Å². The highest BCUT2D eigenvalue weighted by atomic mass is 32.1. The first-order valence-corrected chi connectivity index (χ1v) is 12.8. The van der Waals surface area contributed by atoms with Crippen LogP contribution in [0, 0.1) is 18.3 Å². The Labute approximate surface area is 203 Å². The molecule has 4 N–H and O–H groups in total. The quantitative estimate of drug-likeness (QED) is 0.540. The molecule has 2 aliphatic heterocycles. The molecule has 0 spiro atoms. The van der Waals surface area contributed by atoms with Crippen LogP contribution in [0.4, 0.5) is 11.4 Å². The van der Waals surface area contributed by atoms with E-state index in [1.165, 1.54) is 29.7 Å². The lowest BCUT2D eigenvalue weighted by Crippen LogP contribution is -2.51. The van der Waals surface area contributed by atoms with Crippen molar-refractivity contribution in [2.75, 3.05) is 23.7 Å². The molecule has 174 valence electrons. The van der Waals surface area contributed by atoms with E-state index in [-0.39, 0.29) is 11.9 Å². The number of nitrogens with two attached hydrogens (primary N) is 1. The van der Waals surface area contributed by atoms with Gasteiger partial charge >= 0.3 is 0 Å². The minimum absolute atomic E-state index is 0.0201. The largest absolute Gasteiger partial charge is 0.397 e. The summed E-state index contributed by atoms with van der Waals surface area (Å²) in [5, 5.41) is 17.6. The van der Waals surface area contributed by atoms with Gasteiger partial charge in [-0.05, 0) is 74.4 Å². The van der Waals surface area contributed by atoms with Crippen molar-refractivity contribution >= 4 is 38.8 Å². The summed E-state index contributed by atoms with van der Waals surface area (Å²) in [7, 11) is 0. The van der Waals surface area contributed by atoms with Crippen LogP contribution in [0.15, 0.2) is 24.3 Å². The Morgan fingerprint density at radius 3 is 2.79 bits per heavy atom. The van der Waals surface area contributed by atoms with Gasteiger partial charge in [0.2, 0.25) is 0 Å². The van der Waals surface area contributed by atoms with E-state index in [1.54, 1.807) is 0 Å². The molecule has 6 rings (SSSR count). The number of thiophene rings is 1. The molecule has 2 bridgehead atoms. The van der Waals surface area contributed by atoms with Crippen molar-refractivity contribution in [3.05, 3.63) is 51.5 Å². The number of piperazine rings is 1. The van der Waals surface area contributed by atoms with E-state index in [0.717, 1.165) is 65.1 Å². The molecule has 34 heavy (non-hydrogen) atoms. The number of amides is 1. The van der Waals surface area contributed by atoms with Gasteiger partial charge in [-0.15, -0.1) is 11.3 Å². The van der Waals surface area contributed by atoms with E-state index in [9.17, 15) is 10.1 Å². The molecule has 0 saturated carbocycles. The first kappa shape index (κ1) is 21.4. The van der Waals surface area contributed by atoms with E-state index in [0.29, 0.717) is 22.6 Å². The van der Waals surface area contributed by atoms with E-state index in [2.05, 4.69) is 32.7 Å². The highest BCUT2D eigenvalue weighted by Gasteiger charge is 2.34. The molecule has 0 radical (unpaired) electrons. The van der Waals surface area contributed by atoms with Gasteiger partial charge in [-0.1, -0.05) is 0 Å².